The number of nitrogens with zero attached hydrogens (tertiary/aromatic N) is 1. The van der Waals surface area contributed by atoms with Crippen molar-refractivity contribution < 1.29 is 19.0 Å². The number of carbonyl (C=O) groups excluding carboxylic acids is 1. The van der Waals surface area contributed by atoms with Crippen molar-refractivity contribution in [1.82, 2.24) is 10.7 Å². The van der Waals surface area contributed by atoms with Crippen molar-refractivity contribution in [2.75, 3.05) is 26.4 Å². The predicted molar refractivity (Wildman–Crippen MR) is 104 cm³/mol. The summed E-state index contributed by atoms with van der Waals surface area (Å²) in [7, 11) is 0. The van der Waals surface area contributed by atoms with Crippen molar-refractivity contribution in [1.29, 1.82) is 0 Å². The van der Waals surface area contributed by atoms with Gasteiger partial charge >= 0.3 is 5.97 Å². The molecule has 0 aliphatic heterocycles. The predicted octanol–water partition coefficient (Wildman–Crippen LogP) is 2.61. The maximum atomic E-state index is 11.5. The van der Waals surface area contributed by atoms with E-state index in [0.717, 1.165) is 5.56 Å². The second-order valence-electron chi connectivity index (χ2n) is 4.59. The van der Waals surface area contributed by atoms with Crippen LogP contribution in [-0.2, 0) is 9.53 Å². The van der Waals surface area contributed by atoms with E-state index in [9.17, 15) is 4.79 Å². The second kappa shape index (κ2) is 11.6. The molecule has 0 radical (unpaired) electrons. The quantitative estimate of drug-likeness (QED) is 0.269. The summed E-state index contributed by atoms with van der Waals surface area (Å²) in [6.07, 6.45) is 1.60. The molecule has 0 amide bonds. The zero-order valence-electron chi connectivity index (χ0n) is 14.4. The van der Waals surface area contributed by atoms with Gasteiger partial charge in [0.05, 0.1) is 23.9 Å². The minimum Gasteiger partial charge on any atom is -0.490 e. The van der Waals surface area contributed by atoms with Gasteiger partial charge < -0.3 is 19.5 Å². The summed E-state index contributed by atoms with van der Waals surface area (Å²) in [5, 5.41) is 7.43. The number of hydrazone groups is 1. The highest BCUT2D eigenvalue weighted by molar-refractivity contribution is 9.10. The number of thiocarbonyl (C=S) groups is 1. The van der Waals surface area contributed by atoms with Crippen molar-refractivity contribution in [3.8, 4) is 11.5 Å². The van der Waals surface area contributed by atoms with E-state index < -0.39 is 5.97 Å². The second-order valence-corrected chi connectivity index (χ2v) is 5.85. The molecular formula is C16H22BrN3O4S. The van der Waals surface area contributed by atoms with Gasteiger partial charge in [-0.25, -0.2) is 4.79 Å². The number of hydrogen-bond donors (Lipinski definition) is 2. The molecule has 9 heteroatoms. The highest BCUT2D eigenvalue weighted by Gasteiger charge is 2.14. The zero-order valence-corrected chi connectivity index (χ0v) is 16.8. The van der Waals surface area contributed by atoms with Gasteiger partial charge in [-0.05, 0) is 66.6 Å². The third kappa shape index (κ3) is 7.70. The molecule has 1 rings (SSSR count). The van der Waals surface area contributed by atoms with E-state index in [2.05, 4.69) is 31.8 Å². The Labute approximate surface area is 161 Å². The highest BCUT2D eigenvalue weighted by atomic mass is 79.9. The van der Waals surface area contributed by atoms with Gasteiger partial charge in [0.1, 0.15) is 0 Å². The Morgan fingerprint density at radius 1 is 1.28 bits per heavy atom. The van der Waals surface area contributed by atoms with Crippen LogP contribution in [0, 0.1) is 0 Å². The number of halogens is 1. The number of hydrogen-bond acceptors (Lipinski definition) is 6. The Hall–Kier alpha value is -1.87. The lowest BCUT2D eigenvalue weighted by molar-refractivity contribution is -0.145. The van der Waals surface area contributed by atoms with Crippen LogP contribution >= 0.6 is 28.1 Å². The zero-order chi connectivity index (χ0) is 18.7. The van der Waals surface area contributed by atoms with Gasteiger partial charge in [0.15, 0.2) is 23.2 Å². The molecule has 0 aromatic heterocycles. The molecule has 0 saturated heterocycles. The third-order valence-electron chi connectivity index (χ3n) is 2.69. The van der Waals surface area contributed by atoms with E-state index in [0.29, 0.717) is 40.8 Å². The minimum atomic E-state index is -0.441. The lowest BCUT2D eigenvalue weighted by atomic mass is 10.2. The standard InChI is InChI=1S/C16H22BrN3O4S/c1-4-18-16(25)20-19-9-11-7-12(17)15(13(8-11)22-5-2)24-10-14(21)23-6-3/h7-9H,4-6,10H2,1-3H3,(H2,18,20,25)/b19-9-. The van der Waals surface area contributed by atoms with E-state index in [1.807, 2.05) is 13.8 Å². The van der Waals surface area contributed by atoms with Crippen molar-refractivity contribution >= 4 is 45.4 Å². The first-order valence-corrected chi connectivity index (χ1v) is 9.03. The van der Waals surface area contributed by atoms with Crippen LogP contribution in [0.1, 0.15) is 26.3 Å². The number of rotatable bonds is 9. The molecule has 0 aliphatic carbocycles. The lowest BCUT2D eigenvalue weighted by Crippen LogP contribution is -2.31. The van der Waals surface area contributed by atoms with Crippen LogP contribution in [0.5, 0.6) is 11.5 Å². The van der Waals surface area contributed by atoms with Crippen molar-refractivity contribution in [2.45, 2.75) is 20.8 Å². The summed E-state index contributed by atoms with van der Waals surface area (Å²) in [6, 6.07) is 3.56. The van der Waals surface area contributed by atoms with Crippen molar-refractivity contribution in [3.05, 3.63) is 22.2 Å². The molecule has 2 N–H and O–H groups in total. The van der Waals surface area contributed by atoms with Gasteiger partial charge in [-0.15, -0.1) is 0 Å². The first-order chi connectivity index (χ1) is 12.0. The molecule has 7 nitrogen and oxygen atoms in total. The van der Waals surface area contributed by atoms with E-state index >= 15 is 0 Å². The molecule has 0 bridgehead atoms. The number of esters is 1. The van der Waals surface area contributed by atoms with Gasteiger partial charge in [-0.3, -0.25) is 5.43 Å². The maximum Gasteiger partial charge on any atom is 0.344 e. The summed E-state index contributed by atoms with van der Waals surface area (Å²) in [4.78, 5) is 11.5. The van der Waals surface area contributed by atoms with E-state index in [-0.39, 0.29) is 6.61 Å². The molecule has 0 spiro atoms. The molecule has 0 saturated carbocycles. The molecule has 138 valence electrons. The molecule has 0 aliphatic rings. The molecule has 0 atom stereocenters. The fourth-order valence-corrected chi connectivity index (χ4v) is 2.54. The first kappa shape index (κ1) is 21.2. The number of ether oxygens (including phenoxy) is 3. The molecule has 0 unspecified atom stereocenters. The van der Waals surface area contributed by atoms with E-state index in [1.165, 1.54) is 0 Å². The summed E-state index contributed by atoms with van der Waals surface area (Å²) in [5.41, 5.74) is 3.48. The van der Waals surface area contributed by atoms with Gasteiger partial charge in [0.2, 0.25) is 0 Å². The van der Waals surface area contributed by atoms with Crippen LogP contribution in [0.2, 0.25) is 0 Å². The highest BCUT2D eigenvalue weighted by Crippen LogP contribution is 2.36. The van der Waals surface area contributed by atoms with Crippen LogP contribution in [0.25, 0.3) is 0 Å². The van der Waals surface area contributed by atoms with Crippen LogP contribution < -0.4 is 20.2 Å². The molecule has 1 aromatic rings. The molecule has 0 heterocycles. The monoisotopic (exact) mass is 431 g/mol. The molecular weight excluding hydrogens is 410 g/mol. The topological polar surface area (TPSA) is 81.2 Å². The van der Waals surface area contributed by atoms with Gasteiger partial charge in [0, 0.05) is 6.54 Å². The summed E-state index contributed by atoms with van der Waals surface area (Å²) in [5.74, 6) is 0.490. The minimum absolute atomic E-state index is 0.196. The molecule has 0 fully saturated rings. The Bertz CT molecular complexity index is 626. The Kier molecular flexibility index (Phi) is 9.86. The summed E-state index contributed by atoms with van der Waals surface area (Å²) >= 11 is 8.45. The van der Waals surface area contributed by atoms with Crippen molar-refractivity contribution in [2.24, 2.45) is 5.10 Å². The largest absolute Gasteiger partial charge is 0.490 e. The SMILES string of the molecule is CCNC(=S)N/N=C\c1cc(Br)c(OCC(=O)OCC)c(OCC)c1. The lowest BCUT2D eigenvalue weighted by Gasteiger charge is -2.14. The van der Waals surface area contributed by atoms with Crippen LogP contribution in [0.15, 0.2) is 21.7 Å². The number of nitrogens with one attached hydrogen (secondary N) is 2. The average Bonchev–Trinajstić information content (AvgIpc) is 2.55. The van der Waals surface area contributed by atoms with Crippen LogP contribution in [0.4, 0.5) is 0 Å². The van der Waals surface area contributed by atoms with E-state index in [1.54, 1.807) is 25.3 Å². The fraction of sp³-hybridized carbons (Fsp3) is 0.438. The van der Waals surface area contributed by atoms with Crippen LogP contribution in [0.3, 0.4) is 0 Å². The average molecular weight is 432 g/mol. The molecule has 25 heavy (non-hydrogen) atoms. The summed E-state index contributed by atoms with van der Waals surface area (Å²) < 4.78 is 16.6. The number of carbonyl (C=O) groups is 1. The van der Waals surface area contributed by atoms with Gasteiger partial charge in [-0.2, -0.15) is 5.10 Å². The Morgan fingerprint density at radius 2 is 2.04 bits per heavy atom. The summed E-state index contributed by atoms with van der Waals surface area (Å²) in [6.45, 7) is 6.82. The number of benzene rings is 1. The molecule has 1 aromatic carbocycles. The van der Waals surface area contributed by atoms with Gasteiger partial charge in [-0.1, -0.05) is 0 Å². The first-order valence-electron chi connectivity index (χ1n) is 7.83. The normalized spacial score (nSPS) is 10.4. The third-order valence-corrected chi connectivity index (χ3v) is 3.51. The van der Waals surface area contributed by atoms with Crippen LogP contribution in [-0.4, -0.2) is 43.7 Å². The Morgan fingerprint density at radius 3 is 2.68 bits per heavy atom. The van der Waals surface area contributed by atoms with E-state index in [4.69, 9.17) is 26.4 Å². The maximum absolute atomic E-state index is 11.5. The fourth-order valence-electron chi connectivity index (χ4n) is 1.76. The smallest absolute Gasteiger partial charge is 0.344 e. The van der Waals surface area contributed by atoms with Crippen molar-refractivity contribution in [3.63, 3.8) is 0 Å². The Balaban J connectivity index is 2.88. The van der Waals surface area contributed by atoms with Gasteiger partial charge in [0.25, 0.3) is 0 Å².